The lowest BCUT2D eigenvalue weighted by molar-refractivity contribution is -0.133. The third-order valence-electron chi connectivity index (χ3n) is 4.80. The van der Waals surface area contributed by atoms with Crippen molar-refractivity contribution < 1.29 is 36.6 Å². The lowest BCUT2D eigenvalue weighted by atomic mass is 9.98. The summed E-state index contributed by atoms with van der Waals surface area (Å²) in [6, 6.07) is 7.58. The van der Waals surface area contributed by atoms with Crippen molar-refractivity contribution in [2.24, 2.45) is 0 Å². The first-order valence-corrected chi connectivity index (χ1v) is 10.7. The van der Waals surface area contributed by atoms with Crippen LogP contribution in [0, 0.1) is 0 Å². The molecule has 2 atom stereocenters. The zero-order chi connectivity index (χ0) is 22.1. The Morgan fingerprint density at radius 3 is 2.20 bits per heavy atom. The molecule has 0 unspecified atom stereocenters. The SMILES string of the molecule is O=C(N[C@H](CF)[C@@H](O)c1ccc(-c2ccc(C3(F)CS(O)(O)C3)nc2)cc1)C(F)F. The zero-order valence-corrected chi connectivity index (χ0v) is 16.3. The lowest BCUT2D eigenvalue weighted by Crippen LogP contribution is -2.46. The fraction of sp³-hybridized carbons (Fsp3) is 0.368. The second kappa shape index (κ2) is 8.50. The minimum atomic E-state index is -3.32. The molecule has 1 amide bonds. The number of aliphatic hydroxyl groups is 1. The molecule has 0 spiro atoms. The van der Waals surface area contributed by atoms with Crippen molar-refractivity contribution in [1.29, 1.82) is 0 Å². The Morgan fingerprint density at radius 2 is 1.73 bits per heavy atom. The predicted octanol–water partition coefficient (Wildman–Crippen LogP) is 3.43. The number of aliphatic hydroxyl groups excluding tert-OH is 1. The van der Waals surface area contributed by atoms with Crippen molar-refractivity contribution in [3.05, 3.63) is 53.9 Å². The van der Waals surface area contributed by atoms with Crippen LogP contribution in [0.1, 0.15) is 17.4 Å². The molecule has 4 N–H and O–H groups in total. The summed E-state index contributed by atoms with van der Waals surface area (Å²) >= 11 is 0. The zero-order valence-electron chi connectivity index (χ0n) is 15.5. The lowest BCUT2D eigenvalue weighted by Gasteiger charge is -2.50. The van der Waals surface area contributed by atoms with E-state index in [9.17, 15) is 36.6 Å². The standard InChI is InChI=1S/C19H20F4N2O4S/c20-7-14(25-18(27)17(21)22)16(26)12-3-1-11(2-4-12)13-5-6-15(24-8-13)19(23)9-30(28,29)10-19/h1-6,8,14,16-17,26,28-29H,7,9-10H2,(H,25,27)/t14-,16+/m1/s1. The third-order valence-corrected chi connectivity index (χ3v) is 6.64. The Kier molecular flexibility index (Phi) is 6.37. The minimum Gasteiger partial charge on any atom is -0.386 e. The van der Waals surface area contributed by atoms with Crippen LogP contribution < -0.4 is 5.32 Å². The van der Waals surface area contributed by atoms with E-state index in [4.69, 9.17) is 0 Å². The van der Waals surface area contributed by atoms with Gasteiger partial charge in [-0.05, 0) is 17.2 Å². The molecular weight excluding hydrogens is 428 g/mol. The highest BCUT2D eigenvalue weighted by Gasteiger charge is 2.51. The van der Waals surface area contributed by atoms with Gasteiger partial charge in [0.1, 0.15) is 12.8 Å². The van der Waals surface area contributed by atoms with Gasteiger partial charge in [-0.3, -0.25) is 18.9 Å². The Morgan fingerprint density at radius 1 is 1.13 bits per heavy atom. The molecule has 30 heavy (non-hydrogen) atoms. The van der Waals surface area contributed by atoms with Gasteiger partial charge in [-0.2, -0.15) is 19.4 Å². The number of amides is 1. The van der Waals surface area contributed by atoms with E-state index < -0.39 is 47.4 Å². The number of nitrogens with zero attached hydrogens (tertiary/aromatic N) is 1. The molecule has 1 fully saturated rings. The van der Waals surface area contributed by atoms with Gasteiger partial charge in [0.15, 0.2) is 5.67 Å². The minimum absolute atomic E-state index is 0.102. The molecule has 2 aromatic rings. The van der Waals surface area contributed by atoms with Crippen LogP contribution >= 0.6 is 10.6 Å². The highest BCUT2D eigenvalue weighted by molar-refractivity contribution is 8.25. The van der Waals surface area contributed by atoms with Gasteiger partial charge in [0, 0.05) is 11.8 Å². The van der Waals surface area contributed by atoms with Crippen LogP contribution in [-0.4, -0.2) is 55.8 Å². The Labute approximate surface area is 171 Å². The van der Waals surface area contributed by atoms with Crippen LogP contribution in [0.25, 0.3) is 11.1 Å². The number of aromatic nitrogens is 1. The van der Waals surface area contributed by atoms with E-state index in [0.29, 0.717) is 11.1 Å². The smallest absolute Gasteiger partial charge is 0.315 e. The van der Waals surface area contributed by atoms with Gasteiger partial charge in [0.05, 0.1) is 23.2 Å². The van der Waals surface area contributed by atoms with Crippen molar-refractivity contribution in [1.82, 2.24) is 10.3 Å². The maximum absolute atomic E-state index is 14.6. The van der Waals surface area contributed by atoms with E-state index in [1.165, 1.54) is 24.4 Å². The summed E-state index contributed by atoms with van der Waals surface area (Å²) in [7, 11) is -2.87. The van der Waals surface area contributed by atoms with E-state index in [-0.39, 0.29) is 22.8 Å². The monoisotopic (exact) mass is 448 g/mol. The van der Waals surface area contributed by atoms with Crippen LogP contribution in [0.4, 0.5) is 17.6 Å². The number of hydrogen-bond donors (Lipinski definition) is 4. The van der Waals surface area contributed by atoms with Crippen LogP contribution in [0.15, 0.2) is 42.6 Å². The maximum Gasteiger partial charge on any atom is 0.315 e. The second-order valence-electron chi connectivity index (χ2n) is 7.13. The van der Waals surface area contributed by atoms with Crippen molar-refractivity contribution in [2.75, 3.05) is 18.2 Å². The number of carbonyl (C=O) groups excluding carboxylic acids is 1. The van der Waals surface area contributed by atoms with Gasteiger partial charge in [-0.15, -0.1) is 0 Å². The summed E-state index contributed by atoms with van der Waals surface area (Å²) in [6.07, 6.45) is -3.43. The highest BCUT2D eigenvalue weighted by Crippen LogP contribution is 2.59. The number of nitrogens with one attached hydrogen (secondary N) is 1. The molecular formula is C19H20F4N2O4S. The first-order valence-electron chi connectivity index (χ1n) is 8.86. The largest absolute Gasteiger partial charge is 0.386 e. The number of carbonyl (C=O) groups is 1. The molecule has 6 nitrogen and oxygen atoms in total. The van der Waals surface area contributed by atoms with E-state index in [2.05, 4.69) is 4.98 Å². The van der Waals surface area contributed by atoms with E-state index in [0.717, 1.165) is 0 Å². The fourth-order valence-corrected chi connectivity index (χ4v) is 4.90. The second-order valence-corrected chi connectivity index (χ2v) is 9.31. The van der Waals surface area contributed by atoms with Gasteiger partial charge in [-0.25, -0.2) is 8.78 Å². The molecule has 2 heterocycles. The quantitative estimate of drug-likeness (QED) is 0.486. The van der Waals surface area contributed by atoms with Crippen molar-refractivity contribution >= 4 is 16.5 Å². The topological polar surface area (TPSA) is 103 Å². The van der Waals surface area contributed by atoms with Gasteiger partial charge < -0.3 is 10.4 Å². The Balaban J connectivity index is 1.70. The third kappa shape index (κ3) is 4.75. The van der Waals surface area contributed by atoms with Crippen LogP contribution in [-0.2, 0) is 10.5 Å². The maximum atomic E-state index is 14.6. The molecule has 0 bridgehead atoms. The Bertz CT molecular complexity index is 888. The van der Waals surface area contributed by atoms with E-state index in [1.807, 2.05) is 0 Å². The van der Waals surface area contributed by atoms with Gasteiger partial charge in [-0.1, -0.05) is 30.3 Å². The summed E-state index contributed by atoms with van der Waals surface area (Å²) in [5, 5.41) is 11.9. The molecule has 164 valence electrons. The molecule has 0 saturated carbocycles. The Hall–Kier alpha value is -2.21. The molecule has 3 rings (SSSR count). The van der Waals surface area contributed by atoms with E-state index in [1.54, 1.807) is 23.5 Å². The molecule has 1 aliphatic heterocycles. The summed E-state index contributed by atoms with van der Waals surface area (Å²) in [6.45, 7) is -1.23. The van der Waals surface area contributed by atoms with Crippen molar-refractivity contribution in [2.45, 2.75) is 24.2 Å². The molecule has 11 heteroatoms. The van der Waals surface area contributed by atoms with Crippen molar-refractivity contribution in [3.8, 4) is 11.1 Å². The molecule has 1 saturated heterocycles. The number of halogens is 4. The average molecular weight is 448 g/mol. The van der Waals surface area contributed by atoms with Gasteiger partial charge >= 0.3 is 6.43 Å². The summed E-state index contributed by atoms with van der Waals surface area (Å²) in [4.78, 5) is 15.1. The number of alkyl halides is 4. The summed E-state index contributed by atoms with van der Waals surface area (Å²) in [5.74, 6) is -2.43. The van der Waals surface area contributed by atoms with Crippen molar-refractivity contribution in [3.63, 3.8) is 0 Å². The summed E-state index contributed by atoms with van der Waals surface area (Å²) < 4.78 is 71.1. The molecule has 0 aliphatic carbocycles. The first-order chi connectivity index (χ1) is 14.0. The van der Waals surface area contributed by atoms with Gasteiger partial charge in [0.25, 0.3) is 5.91 Å². The van der Waals surface area contributed by atoms with Crippen LogP contribution in [0.3, 0.4) is 0 Å². The highest BCUT2D eigenvalue weighted by atomic mass is 32.3. The molecule has 1 aromatic heterocycles. The van der Waals surface area contributed by atoms with Gasteiger partial charge in [0.2, 0.25) is 0 Å². The molecule has 1 aromatic carbocycles. The number of pyridine rings is 1. The first kappa shape index (κ1) is 22.5. The van der Waals surface area contributed by atoms with Crippen LogP contribution in [0.2, 0.25) is 0 Å². The molecule has 1 aliphatic rings. The number of rotatable bonds is 7. The normalized spacial score (nSPS) is 20.1. The van der Waals surface area contributed by atoms with E-state index >= 15 is 0 Å². The molecule has 0 radical (unpaired) electrons. The van der Waals surface area contributed by atoms with Crippen LogP contribution in [0.5, 0.6) is 0 Å². The fourth-order valence-electron chi connectivity index (χ4n) is 3.22. The number of hydrogen-bond acceptors (Lipinski definition) is 5. The number of benzene rings is 1. The predicted molar refractivity (Wildman–Crippen MR) is 104 cm³/mol. The average Bonchev–Trinajstić information content (AvgIpc) is 2.70. The summed E-state index contributed by atoms with van der Waals surface area (Å²) in [5.41, 5.74) is -0.297.